The summed E-state index contributed by atoms with van der Waals surface area (Å²) in [7, 11) is 0. The van der Waals surface area contributed by atoms with Crippen LogP contribution in [0.25, 0.3) is 11.3 Å². The predicted octanol–water partition coefficient (Wildman–Crippen LogP) is 3.17. The van der Waals surface area contributed by atoms with Crippen molar-refractivity contribution in [3.63, 3.8) is 0 Å². The summed E-state index contributed by atoms with van der Waals surface area (Å²) in [5.41, 5.74) is 11.4. The third-order valence-corrected chi connectivity index (χ3v) is 3.73. The highest BCUT2D eigenvalue weighted by atomic mass is 79.9. The van der Waals surface area contributed by atoms with Crippen LogP contribution in [0.5, 0.6) is 0 Å². The van der Waals surface area contributed by atoms with Gasteiger partial charge >= 0.3 is 0 Å². The fourth-order valence-corrected chi connectivity index (χ4v) is 2.94. The first-order valence-corrected chi connectivity index (χ1v) is 6.67. The lowest BCUT2D eigenvalue weighted by molar-refractivity contribution is 0.596. The summed E-state index contributed by atoms with van der Waals surface area (Å²) in [4.78, 5) is 0. The summed E-state index contributed by atoms with van der Waals surface area (Å²) in [6.45, 7) is 2.92. The quantitative estimate of drug-likeness (QED) is 0.772. The summed E-state index contributed by atoms with van der Waals surface area (Å²) in [6.07, 6.45) is 3.20. The van der Waals surface area contributed by atoms with E-state index in [2.05, 4.69) is 51.0 Å². The van der Waals surface area contributed by atoms with Crippen molar-refractivity contribution >= 4 is 15.9 Å². The van der Waals surface area contributed by atoms with Crippen LogP contribution in [0.3, 0.4) is 0 Å². The average molecular weight is 291 g/mol. The second kappa shape index (κ2) is 4.00. The summed E-state index contributed by atoms with van der Waals surface area (Å²) in [5, 5.41) is 0. The van der Waals surface area contributed by atoms with Gasteiger partial charge in [-0.2, -0.15) is 0 Å². The van der Waals surface area contributed by atoms with Crippen LogP contribution < -0.4 is 5.73 Å². The summed E-state index contributed by atoms with van der Waals surface area (Å²) in [6, 6.07) is 8.92. The van der Waals surface area contributed by atoms with Crippen LogP contribution in [-0.2, 0) is 13.0 Å². The lowest BCUT2D eigenvalue weighted by Crippen LogP contribution is -2.22. The molecule has 1 aliphatic rings. The number of hydrogen-bond donors (Lipinski definition) is 1. The molecular formula is C14H15BrN2. The molecule has 2 aromatic rings. The second-order valence-corrected chi connectivity index (χ2v) is 5.71. The third-order valence-electron chi connectivity index (χ3n) is 3.24. The van der Waals surface area contributed by atoms with Crippen LogP contribution in [0.4, 0.5) is 0 Å². The standard InChI is InChI=1S/C14H15BrN2/c1-9(16)8-17-5-4-11-6-10-2-3-12(15)7-13(10)14(11)17/h2-5,7,9H,6,8,16H2,1H3. The SMILES string of the molecule is CC(N)Cn1ccc2c1-c1cc(Br)ccc1C2. The van der Waals surface area contributed by atoms with Gasteiger partial charge in [-0.1, -0.05) is 22.0 Å². The molecule has 0 fully saturated rings. The van der Waals surface area contributed by atoms with Crippen molar-refractivity contribution in [3.05, 3.63) is 46.1 Å². The number of benzene rings is 1. The first kappa shape index (κ1) is 11.1. The number of hydrogen-bond acceptors (Lipinski definition) is 1. The van der Waals surface area contributed by atoms with Crippen molar-refractivity contribution in [2.75, 3.05) is 0 Å². The zero-order valence-corrected chi connectivity index (χ0v) is 11.4. The van der Waals surface area contributed by atoms with Crippen LogP contribution in [-0.4, -0.2) is 10.6 Å². The topological polar surface area (TPSA) is 30.9 Å². The van der Waals surface area contributed by atoms with Crippen LogP contribution in [0.15, 0.2) is 34.9 Å². The maximum Gasteiger partial charge on any atom is 0.0520 e. The smallest absolute Gasteiger partial charge is 0.0520 e. The number of aromatic nitrogens is 1. The van der Waals surface area contributed by atoms with Gasteiger partial charge in [0.1, 0.15) is 0 Å². The van der Waals surface area contributed by atoms with Crippen molar-refractivity contribution in [1.29, 1.82) is 0 Å². The highest BCUT2D eigenvalue weighted by molar-refractivity contribution is 9.10. The summed E-state index contributed by atoms with van der Waals surface area (Å²) < 4.78 is 3.41. The van der Waals surface area contributed by atoms with Crippen molar-refractivity contribution in [1.82, 2.24) is 4.57 Å². The molecule has 0 spiro atoms. The molecule has 2 N–H and O–H groups in total. The van der Waals surface area contributed by atoms with E-state index in [1.807, 2.05) is 6.92 Å². The number of rotatable bonds is 2. The molecule has 2 nitrogen and oxygen atoms in total. The Kier molecular flexibility index (Phi) is 2.60. The van der Waals surface area contributed by atoms with E-state index in [1.165, 1.54) is 22.4 Å². The summed E-state index contributed by atoms with van der Waals surface area (Å²) in [5.74, 6) is 0. The third kappa shape index (κ3) is 1.83. The molecule has 0 saturated heterocycles. The second-order valence-electron chi connectivity index (χ2n) is 4.80. The lowest BCUT2D eigenvalue weighted by atomic mass is 10.1. The fraction of sp³-hybridized carbons (Fsp3) is 0.286. The van der Waals surface area contributed by atoms with Gasteiger partial charge in [0.05, 0.1) is 5.69 Å². The Labute approximate surface area is 110 Å². The van der Waals surface area contributed by atoms with Gasteiger partial charge < -0.3 is 10.3 Å². The van der Waals surface area contributed by atoms with Crippen LogP contribution in [0, 0.1) is 0 Å². The molecule has 1 aromatic carbocycles. The number of nitrogens with zero attached hydrogens (tertiary/aromatic N) is 1. The van der Waals surface area contributed by atoms with Crippen molar-refractivity contribution < 1.29 is 0 Å². The predicted molar refractivity (Wildman–Crippen MR) is 74.0 cm³/mol. The monoisotopic (exact) mass is 290 g/mol. The Morgan fingerprint density at radius 1 is 1.35 bits per heavy atom. The average Bonchev–Trinajstić information content (AvgIpc) is 2.78. The molecule has 0 saturated carbocycles. The summed E-state index contributed by atoms with van der Waals surface area (Å²) >= 11 is 3.55. The molecule has 1 unspecified atom stereocenters. The fourth-order valence-electron chi connectivity index (χ4n) is 2.58. The molecule has 3 heteroatoms. The van der Waals surface area contributed by atoms with Crippen LogP contribution in [0.1, 0.15) is 18.1 Å². The molecule has 0 aliphatic heterocycles. The van der Waals surface area contributed by atoms with Gasteiger partial charge in [-0.3, -0.25) is 0 Å². The van der Waals surface area contributed by atoms with Gasteiger partial charge in [0.25, 0.3) is 0 Å². The maximum atomic E-state index is 5.90. The molecule has 3 rings (SSSR count). The van der Waals surface area contributed by atoms with Crippen molar-refractivity contribution in [2.45, 2.75) is 25.9 Å². The molecule has 1 aromatic heterocycles. The Morgan fingerprint density at radius 2 is 2.18 bits per heavy atom. The zero-order valence-electron chi connectivity index (χ0n) is 9.78. The van der Waals surface area contributed by atoms with Gasteiger partial charge in [0.2, 0.25) is 0 Å². The molecule has 88 valence electrons. The van der Waals surface area contributed by atoms with E-state index >= 15 is 0 Å². The van der Waals surface area contributed by atoms with E-state index < -0.39 is 0 Å². The molecular weight excluding hydrogens is 276 g/mol. The normalized spacial score (nSPS) is 14.5. The molecule has 0 bridgehead atoms. The van der Waals surface area contributed by atoms with Gasteiger partial charge in [0, 0.05) is 35.2 Å². The molecule has 1 aliphatic carbocycles. The first-order chi connectivity index (χ1) is 8.15. The number of fused-ring (bicyclic) bond motifs is 3. The van der Waals surface area contributed by atoms with E-state index in [9.17, 15) is 0 Å². The van der Waals surface area contributed by atoms with E-state index in [1.54, 1.807) is 0 Å². The number of halogens is 1. The highest BCUT2D eigenvalue weighted by Crippen LogP contribution is 2.38. The van der Waals surface area contributed by atoms with Crippen LogP contribution >= 0.6 is 15.9 Å². The highest BCUT2D eigenvalue weighted by Gasteiger charge is 2.22. The molecule has 0 amide bonds. The molecule has 1 heterocycles. The molecule has 17 heavy (non-hydrogen) atoms. The van der Waals surface area contributed by atoms with Crippen molar-refractivity contribution in [3.8, 4) is 11.3 Å². The Morgan fingerprint density at radius 3 is 2.94 bits per heavy atom. The molecule has 0 radical (unpaired) electrons. The van der Waals surface area contributed by atoms with Gasteiger partial charge in [0.15, 0.2) is 0 Å². The first-order valence-electron chi connectivity index (χ1n) is 5.87. The Hall–Kier alpha value is -1.06. The Balaban J connectivity index is 2.12. The largest absolute Gasteiger partial charge is 0.346 e. The zero-order chi connectivity index (χ0) is 12.0. The minimum Gasteiger partial charge on any atom is -0.346 e. The van der Waals surface area contributed by atoms with Gasteiger partial charge in [-0.05, 0) is 36.2 Å². The lowest BCUT2D eigenvalue weighted by Gasteiger charge is -2.11. The minimum atomic E-state index is 0.183. The maximum absolute atomic E-state index is 5.90. The van der Waals surface area contributed by atoms with Crippen LogP contribution in [0.2, 0.25) is 0 Å². The van der Waals surface area contributed by atoms with E-state index in [4.69, 9.17) is 5.73 Å². The number of nitrogens with two attached hydrogens (primary N) is 1. The Bertz CT molecular complexity index is 570. The van der Waals surface area contributed by atoms with Crippen molar-refractivity contribution in [2.24, 2.45) is 5.73 Å². The van der Waals surface area contributed by atoms with E-state index in [-0.39, 0.29) is 6.04 Å². The van der Waals surface area contributed by atoms with Gasteiger partial charge in [-0.15, -0.1) is 0 Å². The van der Waals surface area contributed by atoms with E-state index in [0.717, 1.165) is 17.4 Å². The minimum absolute atomic E-state index is 0.183. The van der Waals surface area contributed by atoms with Gasteiger partial charge in [-0.25, -0.2) is 0 Å². The molecule has 1 atom stereocenters. The van der Waals surface area contributed by atoms with E-state index in [0.29, 0.717) is 0 Å².